The maximum absolute atomic E-state index is 10.9. The number of nitrogens with zero attached hydrogens (tertiary/aromatic N) is 1. The van der Waals surface area contributed by atoms with Gasteiger partial charge in [0.1, 0.15) is 6.10 Å². The Morgan fingerprint density at radius 2 is 2.40 bits per heavy atom. The molecule has 15 heavy (non-hydrogen) atoms. The number of alkyl halides is 1. The van der Waals surface area contributed by atoms with Gasteiger partial charge in [-0.1, -0.05) is 22.0 Å². The van der Waals surface area contributed by atoms with E-state index >= 15 is 0 Å². The van der Waals surface area contributed by atoms with Crippen molar-refractivity contribution >= 4 is 21.9 Å². The van der Waals surface area contributed by atoms with Gasteiger partial charge in [0.05, 0.1) is 5.69 Å². The molecule has 80 valence electrons. The van der Waals surface area contributed by atoms with Crippen LogP contribution >= 0.6 is 15.9 Å². The molecule has 0 aliphatic heterocycles. The molecular formula is C11H12BrNO2. The van der Waals surface area contributed by atoms with E-state index in [0.717, 1.165) is 24.1 Å². The van der Waals surface area contributed by atoms with Gasteiger partial charge < -0.3 is 4.74 Å². The monoisotopic (exact) mass is 269 g/mol. The molecule has 1 aliphatic carbocycles. The number of ether oxygens (including phenoxy) is 1. The molecule has 2 atom stereocenters. The quantitative estimate of drug-likeness (QED) is 0.581. The normalized spacial score (nSPS) is 24.4. The second kappa shape index (κ2) is 4.31. The first kappa shape index (κ1) is 10.6. The molecule has 0 saturated carbocycles. The van der Waals surface area contributed by atoms with Crippen molar-refractivity contribution in [1.82, 2.24) is 4.98 Å². The van der Waals surface area contributed by atoms with Crippen LogP contribution in [0.4, 0.5) is 0 Å². The largest absolute Gasteiger partial charge is 0.456 e. The number of fused-ring (bicyclic) bond motifs is 1. The van der Waals surface area contributed by atoms with Gasteiger partial charge in [0.15, 0.2) is 0 Å². The van der Waals surface area contributed by atoms with E-state index in [0.29, 0.717) is 4.83 Å². The Morgan fingerprint density at radius 3 is 3.13 bits per heavy atom. The first-order valence-corrected chi connectivity index (χ1v) is 5.86. The fourth-order valence-electron chi connectivity index (χ4n) is 1.87. The first-order valence-electron chi connectivity index (χ1n) is 4.94. The predicted molar refractivity (Wildman–Crippen MR) is 59.6 cm³/mol. The van der Waals surface area contributed by atoms with Gasteiger partial charge in [-0.15, -0.1) is 0 Å². The summed E-state index contributed by atoms with van der Waals surface area (Å²) in [4.78, 5) is 15.6. The van der Waals surface area contributed by atoms with Crippen molar-refractivity contribution in [1.29, 1.82) is 0 Å². The van der Waals surface area contributed by atoms with Crippen LogP contribution in [0.25, 0.3) is 0 Å². The zero-order valence-electron chi connectivity index (χ0n) is 8.44. The smallest absolute Gasteiger partial charge is 0.303 e. The molecule has 0 N–H and O–H groups in total. The Hall–Kier alpha value is -0.900. The van der Waals surface area contributed by atoms with Gasteiger partial charge in [0, 0.05) is 17.9 Å². The number of carbonyl (C=O) groups excluding carboxylic acids is 1. The van der Waals surface area contributed by atoms with Crippen molar-refractivity contribution in [3.63, 3.8) is 0 Å². The molecule has 1 aliphatic rings. The SMILES string of the molecule is CC(=O)O[C@H]1CC[C@H](Br)c2cccnc21. The van der Waals surface area contributed by atoms with Crippen LogP contribution in [-0.4, -0.2) is 11.0 Å². The van der Waals surface area contributed by atoms with E-state index in [-0.39, 0.29) is 12.1 Å². The van der Waals surface area contributed by atoms with Crippen LogP contribution in [0.15, 0.2) is 18.3 Å². The van der Waals surface area contributed by atoms with Crippen molar-refractivity contribution < 1.29 is 9.53 Å². The Morgan fingerprint density at radius 1 is 1.60 bits per heavy atom. The second-order valence-corrected chi connectivity index (χ2v) is 4.73. The minimum Gasteiger partial charge on any atom is -0.456 e. The van der Waals surface area contributed by atoms with Crippen LogP contribution in [0, 0.1) is 0 Å². The van der Waals surface area contributed by atoms with Crippen LogP contribution in [-0.2, 0) is 9.53 Å². The van der Waals surface area contributed by atoms with Crippen LogP contribution in [0.2, 0.25) is 0 Å². The van der Waals surface area contributed by atoms with Gasteiger partial charge in [-0.05, 0) is 24.5 Å². The third-order valence-electron chi connectivity index (χ3n) is 2.50. The maximum atomic E-state index is 10.9. The summed E-state index contributed by atoms with van der Waals surface area (Å²) in [6, 6.07) is 3.93. The van der Waals surface area contributed by atoms with E-state index in [9.17, 15) is 4.79 Å². The van der Waals surface area contributed by atoms with Crippen molar-refractivity contribution in [3.05, 3.63) is 29.6 Å². The molecule has 0 bridgehead atoms. The summed E-state index contributed by atoms with van der Waals surface area (Å²) in [5.74, 6) is -0.246. The van der Waals surface area contributed by atoms with Crippen molar-refractivity contribution in [2.45, 2.75) is 30.7 Å². The molecule has 4 heteroatoms. The first-order chi connectivity index (χ1) is 7.18. The molecule has 3 nitrogen and oxygen atoms in total. The number of hydrogen-bond donors (Lipinski definition) is 0. The molecular weight excluding hydrogens is 258 g/mol. The minimum absolute atomic E-state index is 0.174. The van der Waals surface area contributed by atoms with Crippen LogP contribution in [0.1, 0.15) is 42.0 Å². The highest BCUT2D eigenvalue weighted by atomic mass is 79.9. The second-order valence-electron chi connectivity index (χ2n) is 3.62. The van der Waals surface area contributed by atoms with E-state index in [1.54, 1.807) is 6.20 Å². The average Bonchev–Trinajstić information content (AvgIpc) is 2.22. The summed E-state index contributed by atoms with van der Waals surface area (Å²) >= 11 is 3.60. The number of esters is 1. The zero-order valence-corrected chi connectivity index (χ0v) is 10.0. The Kier molecular flexibility index (Phi) is 3.05. The summed E-state index contributed by atoms with van der Waals surface area (Å²) < 4.78 is 5.24. The van der Waals surface area contributed by atoms with Crippen LogP contribution in [0.5, 0.6) is 0 Å². The Bertz CT molecular complexity index is 381. The third-order valence-corrected chi connectivity index (χ3v) is 3.46. The summed E-state index contributed by atoms with van der Waals surface area (Å²) in [6.45, 7) is 1.43. The topological polar surface area (TPSA) is 39.2 Å². The zero-order chi connectivity index (χ0) is 10.8. The highest BCUT2D eigenvalue weighted by Crippen LogP contribution is 2.41. The average molecular weight is 270 g/mol. The summed E-state index contributed by atoms with van der Waals surface area (Å²) in [6.07, 6.45) is 3.36. The van der Waals surface area contributed by atoms with Gasteiger partial charge >= 0.3 is 5.97 Å². The summed E-state index contributed by atoms with van der Waals surface area (Å²) in [5.41, 5.74) is 2.02. The lowest BCUT2D eigenvalue weighted by atomic mass is 9.93. The highest BCUT2D eigenvalue weighted by molar-refractivity contribution is 9.09. The number of pyridine rings is 1. The van der Waals surface area contributed by atoms with Gasteiger partial charge in [-0.25, -0.2) is 0 Å². The minimum atomic E-state index is -0.246. The summed E-state index contributed by atoms with van der Waals surface area (Å²) in [5, 5.41) is 0. The molecule has 1 aromatic rings. The Balaban J connectivity index is 2.31. The molecule has 0 amide bonds. The molecule has 1 aromatic heterocycles. The van der Waals surface area contributed by atoms with Crippen molar-refractivity contribution in [2.24, 2.45) is 0 Å². The van der Waals surface area contributed by atoms with Crippen molar-refractivity contribution in [2.75, 3.05) is 0 Å². The Labute approximate surface area is 97.0 Å². The molecule has 0 saturated heterocycles. The predicted octanol–water partition coefficient (Wildman–Crippen LogP) is 2.92. The van der Waals surface area contributed by atoms with Gasteiger partial charge in [0.2, 0.25) is 0 Å². The van der Waals surface area contributed by atoms with E-state index in [1.165, 1.54) is 6.92 Å². The molecule has 2 rings (SSSR count). The molecule has 0 fully saturated rings. The number of aromatic nitrogens is 1. The maximum Gasteiger partial charge on any atom is 0.303 e. The van der Waals surface area contributed by atoms with E-state index < -0.39 is 0 Å². The lowest BCUT2D eigenvalue weighted by Gasteiger charge is -2.26. The number of carbonyl (C=O) groups is 1. The van der Waals surface area contributed by atoms with E-state index in [2.05, 4.69) is 20.9 Å². The fourth-order valence-corrected chi connectivity index (χ4v) is 2.52. The lowest BCUT2D eigenvalue weighted by molar-refractivity contribution is -0.147. The van der Waals surface area contributed by atoms with Crippen molar-refractivity contribution in [3.8, 4) is 0 Å². The number of rotatable bonds is 1. The van der Waals surface area contributed by atoms with Gasteiger partial charge in [-0.3, -0.25) is 9.78 Å². The van der Waals surface area contributed by atoms with Crippen LogP contribution in [0.3, 0.4) is 0 Å². The lowest BCUT2D eigenvalue weighted by Crippen LogP contribution is -2.17. The molecule has 0 unspecified atom stereocenters. The fraction of sp³-hybridized carbons (Fsp3) is 0.455. The van der Waals surface area contributed by atoms with Gasteiger partial charge in [-0.2, -0.15) is 0 Å². The number of hydrogen-bond acceptors (Lipinski definition) is 3. The standard InChI is InChI=1S/C11H12BrNO2/c1-7(14)15-10-5-4-9(12)8-3-2-6-13-11(8)10/h2-3,6,9-10H,4-5H2,1H3/t9-,10-/m0/s1. The van der Waals surface area contributed by atoms with E-state index in [1.807, 2.05) is 12.1 Å². The van der Waals surface area contributed by atoms with Crippen LogP contribution < -0.4 is 0 Å². The molecule has 0 radical (unpaired) electrons. The molecule has 1 heterocycles. The summed E-state index contributed by atoms with van der Waals surface area (Å²) in [7, 11) is 0. The van der Waals surface area contributed by atoms with E-state index in [4.69, 9.17) is 4.74 Å². The third kappa shape index (κ3) is 2.20. The highest BCUT2D eigenvalue weighted by Gasteiger charge is 2.28. The number of halogens is 1. The molecule has 0 aromatic carbocycles. The van der Waals surface area contributed by atoms with Gasteiger partial charge in [0.25, 0.3) is 0 Å². The molecule has 0 spiro atoms.